The van der Waals surface area contributed by atoms with E-state index in [1.807, 2.05) is 0 Å². The van der Waals surface area contributed by atoms with Crippen LogP contribution in [0.2, 0.25) is 0 Å². The molecule has 140 valence electrons. The molecule has 1 heterocycles. The van der Waals surface area contributed by atoms with E-state index in [0.717, 1.165) is 0 Å². The zero-order chi connectivity index (χ0) is 19.3. The van der Waals surface area contributed by atoms with Gasteiger partial charge < -0.3 is 9.88 Å². The number of aryl methyl sites for hydroxylation is 1. The molecule has 0 spiro atoms. The first kappa shape index (κ1) is 19.9. The molecule has 1 N–H and O–H groups in total. The lowest BCUT2D eigenvalue weighted by Crippen LogP contribution is -2.31. The van der Waals surface area contributed by atoms with Gasteiger partial charge >= 0.3 is 0 Å². The quantitative estimate of drug-likeness (QED) is 0.797. The number of carbonyl (C=O) groups is 1. The molecule has 0 radical (unpaired) electrons. The van der Waals surface area contributed by atoms with E-state index < -0.39 is 15.9 Å². The third kappa shape index (κ3) is 4.39. The van der Waals surface area contributed by atoms with Crippen LogP contribution >= 0.6 is 0 Å². The van der Waals surface area contributed by atoms with Gasteiger partial charge in [0.2, 0.25) is 15.9 Å². The number of anilines is 1. The van der Waals surface area contributed by atoms with Crippen LogP contribution < -0.4 is 10.9 Å². The number of benzene rings is 1. The van der Waals surface area contributed by atoms with Crippen molar-refractivity contribution in [3.8, 4) is 0 Å². The Labute approximate surface area is 153 Å². The summed E-state index contributed by atoms with van der Waals surface area (Å²) in [6, 6.07) is 9.38. The first-order chi connectivity index (χ1) is 12.3. The Kier molecular flexibility index (Phi) is 6.33. The minimum atomic E-state index is -3.63. The van der Waals surface area contributed by atoms with Crippen molar-refractivity contribution in [2.24, 2.45) is 0 Å². The second kappa shape index (κ2) is 8.29. The number of aromatic nitrogens is 1. The summed E-state index contributed by atoms with van der Waals surface area (Å²) in [4.78, 5) is 24.0. The van der Waals surface area contributed by atoms with Gasteiger partial charge in [-0.3, -0.25) is 9.59 Å². The van der Waals surface area contributed by atoms with Crippen molar-refractivity contribution in [2.45, 2.75) is 32.2 Å². The van der Waals surface area contributed by atoms with Gasteiger partial charge in [-0.1, -0.05) is 26.0 Å². The summed E-state index contributed by atoms with van der Waals surface area (Å²) in [7, 11) is -3.63. The maximum atomic E-state index is 12.8. The van der Waals surface area contributed by atoms with Gasteiger partial charge in [-0.15, -0.1) is 0 Å². The molecule has 1 amide bonds. The predicted octanol–water partition coefficient (Wildman–Crippen LogP) is 1.83. The number of amides is 1. The van der Waals surface area contributed by atoms with Crippen molar-refractivity contribution >= 4 is 21.6 Å². The Bertz CT molecular complexity index is 947. The molecule has 0 bridgehead atoms. The number of hydrogen-bond acceptors (Lipinski definition) is 4. The summed E-state index contributed by atoms with van der Waals surface area (Å²) in [6.45, 7) is 5.86. The van der Waals surface area contributed by atoms with Crippen LogP contribution in [0.3, 0.4) is 0 Å². The predicted molar refractivity (Wildman–Crippen MR) is 101 cm³/mol. The van der Waals surface area contributed by atoms with Crippen LogP contribution in [0.1, 0.15) is 19.4 Å². The average molecular weight is 377 g/mol. The van der Waals surface area contributed by atoms with E-state index >= 15 is 0 Å². The molecule has 0 aliphatic carbocycles. The van der Waals surface area contributed by atoms with Gasteiger partial charge in [0.1, 0.15) is 6.54 Å². The molecule has 1 aromatic heterocycles. The van der Waals surface area contributed by atoms with Gasteiger partial charge in [-0.2, -0.15) is 4.31 Å². The zero-order valence-electron chi connectivity index (χ0n) is 15.1. The number of nitrogens with zero attached hydrogens (tertiary/aromatic N) is 2. The highest BCUT2D eigenvalue weighted by Crippen LogP contribution is 2.23. The van der Waals surface area contributed by atoms with Crippen molar-refractivity contribution < 1.29 is 13.2 Å². The molecule has 2 aromatic rings. The van der Waals surface area contributed by atoms with Crippen molar-refractivity contribution in [2.75, 3.05) is 18.4 Å². The molecule has 0 atom stereocenters. The number of rotatable bonds is 7. The Morgan fingerprint density at radius 2 is 1.85 bits per heavy atom. The lowest BCUT2D eigenvalue weighted by atomic mass is 10.2. The number of carbonyl (C=O) groups excluding carboxylic acids is 1. The maximum absolute atomic E-state index is 12.8. The summed E-state index contributed by atoms with van der Waals surface area (Å²) in [5, 5.41) is 2.65. The molecule has 0 unspecified atom stereocenters. The van der Waals surface area contributed by atoms with Crippen molar-refractivity contribution in [3.05, 3.63) is 58.5 Å². The van der Waals surface area contributed by atoms with Gasteiger partial charge in [0.15, 0.2) is 0 Å². The van der Waals surface area contributed by atoms with Crippen LogP contribution in [-0.4, -0.2) is 36.3 Å². The minimum absolute atomic E-state index is 0.147. The molecule has 0 fully saturated rings. The molecular formula is C18H23N3O4S. The largest absolute Gasteiger partial charge is 0.324 e. The van der Waals surface area contributed by atoms with Crippen LogP contribution in [-0.2, 0) is 21.4 Å². The molecule has 0 aliphatic rings. The van der Waals surface area contributed by atoms with Gasteiger partial charge in [0, 0.05) is 31.0 Å². The molecule has 0 saturated carbocycles. The number of hydrogen-bond donors (Lipinski definition) is 1. The average Bonchev–Trinajstić information content (AvgIpc) is 2.59. The highest BCUT2D eigenvalue weighted by molar-refractivity contribution is 7.89. The van der Waals surface area contributed by atoms with Gasteiger partial charge in [0.25, 0.3) is 5.56 Å². The normalized spacial score (nSPS) is 11.5. The SMILES string of the molecule is CCN(CC)S(=O)(=O)c1cc(NC(=O)Cn2ccccc2=O)ccc1C. The van der Waals surface area contributed by atoms with Crippen molar-refractivity contribution in [1.82, 2.24) is 8.87 Å². The first-order valence-corrected chi connectivity index (χ1v) is 9.79. The number of sulfonamides is 1. The summed E-state index contributed by atoms with van der Waals surface area (Å²) < 4.78 is 28.2. The molecule has 0 aliphatic heterocycles. The minimum Gasteiger partial charge on any atom is -0.324 e. The number of nitrogens with one attached hydrogen (secondary N) is 1. The van der Waals surface area contributed by atoms with Crippen molar-refractivity contribution in [1.29, 1.82) is 0 Å². The smallest absolute Gasteiger partial charge is 0.250 e. The van der Waals surface area contributed by atoms with E-state index in [1.54, 1.807) is 45.0 Å². The topological polar surface area (TPSA) is 88.5 Å². The summed E-state index contributed by atoms with van der Waals surface area (Å²) in [5.41, 5.74) is 0.695. The second-order valence-electron chi connectivity index (χ2n) is 5.78. The molecule has 2 rings (SSSR count). The van der Waals surface area contributed by atoms with Crippen LogP contribution in [0, 0.1) is 6.92 Å². The van der Waals surface area contributed by atoms with Crippen LogP contribution in [0.15, 0.2) is 52.3 Å². The van der Waals surface area contributed by atoms with Gasteiger partial charge in [0.05, 0.1) is 4.90 Å². The zero-order valence-corrected chi connectivity index (χ0v) is 15.9. The Morgan fingerprint density at radius 3 is 2.46 bits per heavy atom. The Balaban J connectivity index is 2.26. The Hall–Kier alpha value is -2.45. The first-order valence-electron chi connectivity index (χ1n) is 8.35. The van der Waals surface area contributed by atoms with E-state index in [9.17, 15) is 18.0 Å². The fourth-order valence-corrected chi connectivity index (χ4v) is 4.31. The molecule has 7 nitrogen and oxygen atoms in total. The van der Waals surface area contributed by atoms with Gasteiger partial charge in [-0.05, 0) is 30.7 Å². The molecule has 8 heteroatoms. The highest BCUT2D eigenvalue weighted by Gasteiger charge is 2.24. The summed E-state index contributed by atoms with van der Waals surface area (Å²) in [6.07, 6.45) is 1.52. The number of pyridine rings is 1. The highest BCUT2D eigenvalue weighted by atomic mass is 32.2. The second-order valence-corrected chi connectivity index (χ2v) is 7.69. The molecular weight excluding hydrogens is 354 g/mol. The van der Waals surface area contributed by atoms with Crippen LogP contribution in [0.25, 0.3) is 0 Å². The van der Waals surface area contributed by atoms with E-state index in [-0.39, 0.29) is 17.0 Å². The van der Waals surface area contributed by atoms with Crippen LogP contribution in [0.5, 0.6) is 0 Å². The van der Waals surface area contributed by atoms with E-state index in [1.165, 1.54) is 27.2 Å². The lowest BCUT2D eigenvalue weighted by Gasteiger charge is -2.20. The summed E-state index contributed by atoms with van der Waals surface area (Å²) >= 11 is 0. The standard InChI is InChI=1S/C18H23N3O4S/c1-4-21(5-2)26(24,25)16-12-15(10-9-14(16)3)19-17(22)13-20-11-7-6-8-18(20)23/h6-12H,4-5,13H2,1-3H3,(H,19,22). The van der Waals surface area contributed by atoms with E-state index in [2.05, 4.69) is 5.32 Å². The molecule has 0 saturated heterocycles. The monoisotopic (exact) mass is 377 g/mol. The Morgan fingerprint density at radius 1 is 1.15 bits per heavy atom. The van der Waals surface area contributed by atoms with Gasteiger partial charge in [-0.25, -0.2) is 8.42 Å². The van der Waals surface area contributed by atoms with E-state index in [0.29, 0.717) is 24.3 Å². The fourth-order valence-electron chi connectivity index (χ4n) is 2.60. The maximum Gasteiger partial charge on any atom is 0.250 e. The van der Waals surface area contributed by atoms with Crippen molar-refractivity contribution in [3.63, 3.8) is 0 Å². The van der Waals surface area contributed by atoms with E-state index in [4.69, 9.17) is 0 Å². The van der Waals surface area contributed by atoms with Crippen LogP contribution in [0.4, 0.5) is 5.69 Å². The lowest BCUT2D eigenvalue weighted by molar-refractivity contribution is -0.116. The fraction of sp³-hybridized carbons (Fsp3) is 0.333. The molecule has 26 heavy (non-hydrogen) atoms. The summed E-state index contributed by atoms with van der Waals surface area (Å²) in [5.74, 6) is -0.409. The third-order valence-electron chi connectivity index (χ3n) is 4.01. The third-order valence-corrected chi connectivity index (χ3v) is 6.20. The molecule has 1 aromatic carbocycles.